The van der Waals surface area contributed by atoms with Crippen LogP contribution in [0.5, 0.6) is 0 Å². The maximum Gasteiger partial charge on any atom is 0.0373 e. The Hall–Kier alpha value is -1.87. The molecule has 0 saturated carbocycles. The molecule has 98 valence electrons. The molecule has 1 saturated heterocycles. The Morgan fingerprint density at radius 1 is 0.895 bits per heavy atom. The highest BCUT2D eigenvalue weighted by Crippen LogP contribution is 2.24. The molecular formula is C16H19N3. The van der Waals surface area contributed by atoms with E-state index in [-0.39, 0.29) is 0 Å². The molecule has 2 aromatic rings. The molecule has 3 heteroatoms. The number of nitrogens with zero attached hydrogens (tertiary/aromatic N) is 3. The highest BCUT2D eigenvalue weighted by atomic mass is 15.2. The number of pyridine rings is 1. The van der Waals surface area contributed by atoms with Crippen molar-refractivity contribution >= 4 is 5.69 Å². The number of benzene rings is 1. The molecule has 0 bridgehead atoms. The van der Waals surface area contributed by atoms with Crippen molar-refractivity contribution in [1.82, 2.24) is 9.88 Å². The summed E-state index contributed by atoms with van der Waals surface area (Å²) in [6.07, 6.45) is 3.69. The fraction of sp³-hybridized carbons (Fsp3) is 0.312. The summed E-state index contributed by atoms with van der Waals surface area (Å²) < 4.78 is 0. The Morgan fingerprint density at radius 2 is 1.63 bits per heavy atom. The van der Waals surface area contributed by atoms with Crippen molar-refractivity contribution in [2.45, 2.75) is 0 Å². The quantitative estimate of drug-likeness (QED) is 0.819. The number of piperazine rings is 1. The van der Waals surface area contributed by atoms with Gasteiger partial charge in [0.25, 0.3) is 0 Å². The van der Waals surface area contributed by atoms with Crippen LogP contribution in [0.2, 0.25) is 0 Å². The van der Waals surface area contributed by atoms with Gasteiger partial charge in [-0.1, -0.05) is 12.1 Å². The average molecular weight is 253 g/mol. The lowest BCUT2D eigenvalue weighted by molar-refractivity contribution is 0.313. The van der Waals surface area contributed by atoms with Crippen molar-refractivity contribution in [3.8, 4) is 11.1 Å². The van der Waals surface area contributed by atoms with Gasteiger partial charge in [0.1, 0.15) is 0 Å². The second-order valence-electron chi connectivity index (χ2n) is 5.08. The molecule has 19 heavy (non-hydrogen) atoms. The van der Waals surface area contributed by atoms with Gasteiger partial charge in [-0.3, -0.25) is 4.98 Å². The van der Waals surface area contributed by atoms with Crippen LogP contribution in [0.15, 0.2) is 48.8 Å². The first-order valence-corrected chi connectivity index (χ1v) is 6.77. The Labute approximate surface area is 114 Å². The molecular weight excluding hydrogens is 234 g/mol. The second-order valence-corrected chi connectivity index (χ2v) is 5.08. The van der Waals surface area contributed by atoms with Crippen molar-refractivity contribution in [2.24, 2.45) is 0 Å². The van der Waals surface area contributed by atoms with Crippen LogP contribution < -0.4 is 4.90 Å². The van der Waals surface area contributed by atoms with Gasteiger partial charge in [-0.15, -0.1) is 0 Å². The maximum absolute atomic E-state index is 4.08. The predicted octanol–water partition coefficient (Wildman–Crippen LogP) is 2.50. The van der Waals surface area contributed by atoms with E-state index in [9.17, 15) is 0 Å². The average Bonchev–Trinajstić information content (AvgIpc) is 2.49. The lowest BCUT2D eigenvalue weighted by atomic mass is 10.1. The normalized spacial score (nSPS) is 16.6. The van der Waals surface area contributed by atoms with Crippen LogP contribution in [0.3, 0.4) is 0 Å². The summed E-state index contributed by atoms with van der Waals surface area (Å²) in [5.74, 6) is 0. The summed E-state index contributed by atoms with van der Waals surface area (Å²) >= 11 is 0. The highest BCUT2D eigenvalue weighted by Gasteiger charge is 2.14. The number of hydrogen-bond acceptors (Lipinski definition) is 3. The minimum atomic E-state index is 1.11. The minimum Gasteiger partial charge on any atom is -0.369 e. The van der Waals surface area contributed by atoms with E-state index in [4.69, 9.17) is 0 Å². The molecule has 1 fully saturated rings. The maximum atomic E-state index is 4.08. The predicted molar refractivity (Wildman–Crippen MR) is 79.4 cm³/mol. The minimum absolute atomic E-state index is 1.11. The summed E-state index contributed by atoms with van der Waals surface area (Å²) in [4.78, 5) is 8.92. The summed E-state index contributed by atoms with van der Waals surface area (Å²) in [5, 5.41) is 0. The molecule has 0 atom stereocenters. The Bertz CT molecular complexity index is 531. The van der Waals surface area contributed by atoms with Gasteiger partial charge < -0.3 is 9.80 Å². The van der Waals surface area contributed by atoms with Crippen LogP contribution in [0, 0.1) is 0 Å². The van der Waals surface area contributed by atoms with Gasteiger partial charge in [0.15, 0.2) is 0 Å². The summed E-state index contributed by atoms with van der Waals surface area (Å²) in [6, 6.07) is 12.9. The van der Waals surface area contributed by atoms with Crippen LogP contribution in [0.25, 0.3) is 11.1 Å². The first kappa shape index (κ1) is 12.2. The summed E-state index contributed by atoms with van der Waals surface area (Å²) in [7, 11) is 2.19. The number of rotatable bonds is 2. The van der Waals surface area contributed by atoms with E-state index in [2.05, 4.69) is 58.2 Å². The summed E-state index contributed by atoms with van der Waals surface area (Å²) in [5.41, 5.74) is 3.81. The fourth-order valence-electron chi connectivity index (χ4n) is 2.49. The third kappa shape index (κ3) is 2.76. The Balaban J connectivity index is 1.84. The van der Waals surface area contributed by atoms with Crippen LogP contribution in [-0.4, -0.2) is 43.1 Å². The van der Waals surface area contributed by atoms with Gasteiger partial charge in [-0.05, 0) is 42.4 Å². The standard InChI is InChI=1S/C16H19N3/c1-18-9-11-19(12-10-18)16-4-2-3-15(13-16)14-5-7-17-8-6-14/h2-8,13H,9-12H2,1H3. The molecule has 0 spiro atoms. The third-order valence-corrected chi connectivity index (χ3v) is 3.73. The second kappa shape index (κ2) is 5.41. The summed E-state index contributed by atoms with van der Waals surface area (Å²) in [6.45, 7) is 4.49. The highest BCUT2D eigenvalue weighted by molar-refractivity contribution is 5.68. The Morgan fingerprint density at radius 3 is 2.37 bits per heavy atom. The topological polar surface area (TPSA) is 19.4 Å². The molecule has 1 aromatic heterocycles. The van der Waals surface area contributed by atoms with Crippen molar-refractivity contribution in [3.63, 3.8) is 0 Å². The molecule has 3 nitrogen and oxygen atoms in total. The van der Waals surface area contributed by atoms with Crippen LogP contribution in [0.1, 0.15) is 0 Å². The smallest absolute Gasteiger partial charge is 0.0373 e. The molecule has 0 radical (unpaired) electrons. The van der Waals surface area contributed by atoms with E-state index in [0.717, 1.165) is 26.2 Å². The zero-order chi connectivity index (χ0) is 13.1. The van der Waals surface area contributed by atoms with E-state index in [1.807, 2.05) is 12.4 Å². The van der Waals surface area contributed by atoms with Crippen LogP contribution in [0.4, 0.5) is 5.69 Å². The van der Waals surface area contributed by atoms with E-state index >= 15 is 0 Å². The first-order chi connectivity index (χ1) is 9.33. The number of aromatic nitrogens is 1. The van der Waals surface area contributed by atoms with Gasteiger partial charge in [-0.2, -0.15) is 0 Å². The van der Waals surface area contributed by atoms with Gasteiger partial charge in [-0.25, -0.2) is 0 Å². The van der Waals surface area contributed by atoms with Gasteiger partial charge in [0, 0.05) is 44.3 Å². The fourth-order valence-corrected chi connectivity index (χ4v) is 2.49. The zero-order valence-corrected chi connectivity index (χ0v) is 11.3. The first-order valence-electron chi connectivity index (χ1n) is 6.77. The Kier molecular flexibility index (Phi) is 3.47. The van der Waals surface area contributed by atoms with Crippen molar-refractivity contribution in [3.05, 3.63) is 48.8 Å². The molecule has 0 unspecified atom stereocenters. The van der Waals surface area contributed by atoms with Crippen molar-refractivity contribution in [2.75, 3.05) is 38.1 Å². The monoisotopic (exact) mass is 253 g/mol. The number of likely N-dealkylation sites (N-methyl/N-ethyl adjacent to an activating group) is 1. The van der Waals surface area contributed by atoms with Crippen LogP contribution >= 0.6 is 0 Å². The van der Waals surface area contributed by atoms with Crippen molar-refractivity contribution in [1.29, 1.82) is 0 Å². The van der Waals surface area contributed by atoms with E-state index in [1.54, 1.807) is 0 Å². The number of anilines is 1. The third-order valence-electron chi connectivity index (χ3n) is 3.73. The lowest BCUT2D eigenvalue weighted by Gasteiger charge is -2.34. The van der Waals surface area contributed by atoms with Crippen molar-refractivity contribution < 1.29 is 0 Å². The zero-order valence-electron chi connectivity index (χ0n) is 11.3. The molecule has 1 aromatic carbocycles. The molecule has 1 aliphatic rings. The van der Waals surface area contributed by atoms with Crippen LogP contribution in [-0.2, 0) is 0 Å². The SMILES string of the molecule is CN1CCN(c2cccc(-c3ccncc3)c2)CC1. The largest absolute Gasteiger partial charge is 0.369 e. The van der Waals surface area contributed by atoms with E-state index in [1.165, 1.54) is 16.8 Å². The lowest BCUT2D eigenvalue weighted by Crippen LogP contribution is -2.44. The molecule has 2 heterocycles. The van der Waals surface area contributed by atoms with E-state index < -0.39 is 0 Å². The number of hydrogen-bond donors (Lipinski definition) is 0. The van der Waals surface area contributed by atoms with Gasteiger partial charge in [0.2, 0.25) is 0 Å². The molecule has 3 rings (SSSR count). The molecule has 1 aliphatic heterocycles. The molecule has 0 amide bonds. The van der Waals surface area contributed by atoms with E-state index in [0.29, 0.717) is 0 Å². The molecule has 0 aliphatic carbocycles. The van der Waals surface area contributed by atoms with Gasteiger partial charge in [0.05, 0.1) is 0 Å². The molecule has 0 N–H and O–H groups in total. The van der Waals surface area contributed by atoms with Gasteiger partial charge >= 0.3 is 0 Å².